The molecule has 2 aromatic heterocycles. The van der Waals surface area contributed by atoms with E-state index in [-0.39, 0.29) is 12.6 Å². The first kappa shape index (κ1) is 19.9. The number of aliphatic hydroxyl groups is 1. The summed E-state index contributed by atoms with van der Waals surface area (Å²) in [5.41, 5.74) is 4.23. The molecule has 7 nitrogen and oxygen atoms in total. The van der Waals surface area contributed by atoms with Crippen molar-refractivity contribution in [2.45, 2.75) is 40.3 Å². The van der Waals surface area contributed by atoms with Crippen LogP contribution in [0.15, 0.2) is 24.3 Å². The molecule has 0 bridgehead atoms. The first-order chi connectivity index (χ1) is 13.3. The van der Waals surface area contributed by atoms with Crippen LogP contribution in [0.4, 0.5) is 0 Å². The summed E-state index contributed by atoms with van der Waals surface area (Å²) in [4.78, 5) is 12.4. The maximum atomic E-state index is 12.4. The van der Waals surface area contributed by atoms with E-state index in [9.17, 15) is 9.90 Å². The minimum absolute atomic E-state index is 0.129. The van der Waals surface area contributed by atoms with Crippen LogP contribution >= 0.6 is 0 Å². The van der Waals surface area contributed by atoms with E-state index in [2.05, 4.69) is 5.10 Å². The van der Waals surface area contributed by atoms with E-state index in [1.807, 2.05) is 56.7 Å². The fourth-order valence-corrected chi connectivity index (χ4v) is 3.41. The fraction of sp³-hybridized carbons (Fsp3) is 0.429. The van der Waals surface area contributed by atoms with Gasteiger partial charge in [-0.3, -0.25) is 4.68 Å². The number of aryl methyl sites for hydroxylation is 3. The van der Waals surface area contributed by atoms with Gasteiger partial charge in [0, 0.05) is 29.3 Å². The van der Waals surface area contributed by atoms with Gasteiger partial charge in [0.1, 0.15) is 18.5 Å². The van der Waals surface area contributed by atoms with Gasteiger partial charge in [0.15, 0.2) is 0 Å². The highest BCUT2D eigenvalue weighted by Gasteiger charge is 2.20. The Hall–Kier alpha value is -2.80. The number of carbonyl (C=O) groups is 1. The standard InChI is InChI=1S/C21H27N3O4/c1-6-27-21(26)20-15(4)23(5)19-8-7-17(10-18(19)20)28-12-16(25)11-24-14(3)9-13(2)22-24/h7-10,16,25H,6,11-12H2,1-5H3/t16-/m0/s1. The summed E-state index contributed by atoms with van der Waals surface area (Å²) in [6.45, 7) is 8.37. The van der Waals surface area contributed by atoms with Gasteiger partial charge in [0.05, 0.1) is 24.4 Å². The highest BCUT2D eigenvalue weighted by atomic mass is 16.5. The van der Waals surface area contributed by atoms with E-state index in [4.69, 9.17) is 9.47 Å². The van der Waals surface area contributed by atoms with Crippen LogP contribution in [0.5, 0.6) is 5.75 Å². The SMILES string of the molecule is CCOC(=O)c1c(C)n(C)c2ccc(OC[C@@H](O)Cn3nc(C)cc3C)cc12. The number of esters is 1. The summed E-state index contributed by atoms with van der Waals surface area (Å²) in [7, 11) is 1.92. The van der Waals surface area contributed by atoms with Crippen molar-refractivity contribution in [1.29, 1.82) is 0 Å². The first-order valence-corrected chi connectivity index (χ1v) is 9.39. The molecule has 1 N–H and O–H groups in total. The Balaban J connectivity index is 1.77. The lowest BCUT2D eigenvalue weighted by Crippen LogP contribution is -2.24. The van der Waals surface area contributed by atoms with E-state index < -0.39 is 6.10 Å². The molecule has 150 valence electrons. The molecule has 0 saturated carbocycles. The predicted molar refractivity (Wildman–Crippen MR) is 107 cm³/mol. The van der Waals surface area contributed by atoms with E-state index >= 15 is 0 Å². The van der Waals surface area contributed by atoms with Crippen molar-refractivity contribution in [2.24, 2.45) is 7.05 Å². The molecule has 1 aromatic carbocycles. The van der Waals surface area contributed by atoms with Gasteiger partial charge in [-0.05, 0) is 52.0 Å². The molecule has 0 aliphatic rings. The Morgan fingerprint density at radius 3 is 2.64 bits per heavy atom. The minimum Gasteiger partial charge on any atom is -0.491 e. The number of aliphatic hydroxyl groups excluding tert-OH is 1. The lowest BCUT2D eigenvalue weighted by Gasteiger charge is -2.14. The van der Waals surface area contributed by atoms with Crippen LogP contribution in [-0.4, -0.2) is 44.7 Å². The van der Waals surface area contributed by atoms with Gasteiger partial charge in [-0.2, -0.15) is 5.10 Å². The zero-order valence-corrected chi connectivity index (χ0v) is 17.0. The summed E-state index contributed by atoms with van der Waals surface area (Å²) in [5.74, 6) is 0.253. The van der Waals surface area contributed by atoms with Gasteiger partial charge in [-0.1, -0.05) is 0 Å². The molecular formula is C21H27N3O4. The number of hydrogen-bond acceptors (Lipinski definition) is 5. The molecule has 7 heteroatoms. The van der Waals surface area contributed by atoms with Crippen molar-refractivity contribution < 1.29 is 19.4 Å². The zero-order valence-electron chi connectivity index (χ0n) is 17.0. The number of rotatable bonds is 7. The fourth-order valence-electron chi connectivity index (χ4n) is 3.41. The van der Waals surface area contributed by atoms with Crippen molar-refractivity contribution in [3.05, 3.63) is 46.9 Å². The van der Waals surface area contributed by atoms with Crippen molar-refractivity contribution in [2.75, 3.05) is 13.2 Å². The molecule has 2 heterocycles. The number of nitrogens with zero attached hydrogens (tertiary/aromatic N) is 3. The van der Waals surface area contributed by atoms with Crippen LogP contribution in [0.2, 0.25) is 0 Å². The lowest BCUT2D eigenvalue weighted by atomic mass is 10.1. The third-order valence-electron chi connectivity index (χ3n) is 4.87. The molecule has 0 unspecified atom stereocenters. The molecule has 0 amide bonds. The van der Waals surface area contributed by atoms with Crippen molar-refractivity contribution in [3.8, 4) is 5.75 Å². The number of benzene rings is 1. The Bertz CT molecular complexity index is 1000. The van der Waals surface area contributed by atoms with Crippen LogP contribution in [0, 0.1) is 20.8 Å². The molecule has 1 atom stereocenters. The number of aromatic nitrogens is 3. The van der Waals surface area contributed by atoms with Gasteiger partial charge >= 0.3 is 5.97 Å². The number of ether oxygens (including phenoxy) is 2. The number of fused-ring (bicyclic) bond motifs is 1. The van der Waals surface area contributed by atoms with Gasteiger partial charge < -0.3 is 19.1 Å². The minimum atomic E-state index is -0.698. The maximum Gasteiger partial charge on any atom is 0.340 e. The lowest BCUT2D eigenvalue weighted by molar-refractivity contribution is 0.0527. The second-order valence-electron chi connectivity index (χ2n) is 6.99. The smallest absolute Gasteiger partial charge is 0.340 e. The van der Waals surface area contributed by atoms with Crippen molar-refractivity contribution in [1.82, 2.24) is 14.3 Å². The van der Waals surface area contributed by atoms with Gasteiger partial charge in [0.25, 0.3) is 0 Å². The molecule has 3 aromatic rings. The first-order valence-electron chi connectivity index (χ1n) is 9.39. The monoisotopic (exact) mass is 385 g/mol. The molecule has 0 saturated heterocycles. The molecule has 3 rings (SSSR count). The topological polar surface area (TPSA) is 78.5 Å². The highest BCUT2D eigenvalue weighted by Crippen LogP contribution is 2.29. The number of carbonyl (C=O) groups excluding carboxylic acids is 1. The van der Waals surface area contributed by atoms with Gasteiger partial charge in [-0.15, -0.1) is 0 Å². The normalized spacial score (nSPS) is 12.4. The Morgan fingerprint density at radius 2 is 2.00 bits per heavy atom. The third-order valence-corrected chi connectivity index (χ3v) is 4.87. The van der Waals surface area contributed by atoms with E-state index in [1.54, 1.807) is 11.6 Å². The largest absolute Gasteiger partial charge is 0.491 e. The van der Waals surface area contributed by atoms with Crippen molar-refractivity contribution in [3.63, 3.8) is 0 Å². The Kier molecular flexibility index (Phi) is 5.74. The molecule has 0 aliphatic heterocycles. The van der Waals surface area contributed by atoms with Crippen LogP contribution in [-0.2, 0) is 18.3 Å². The van der Waals surface area contributed by atoms with Crippen LogP contribution in [0.3, 0.4) is 0 Å². The molecule has 0 aliphatic carbocycles. The van der Waals surface area contributed by atoms with E-state index in [0.29, 0.717) is 24.5 Å². The quantitative estimate of drug-likeness (QED) is 0.633. The maximum absolute atomic E-state index is 12.4. The molecule has 0 spiro atoms. The summed E-state index contributed by atoms with van der Waals surface area (Å²) in [5, 5.41) is 15.4. The Labute approximate surface area is 164 Å². The van der Waals surface area contributed by atoms with E-state index in [0.717, 1.165) is 28.0 Å². The molecule has 0 fully saturated rings. The van der Waals surface area contributed by atoms with Gasteiger partial charge in [0.2, 0.25) is 0 Å². The molecular weight excluding hydrogens is 358 g/mol. The van der Waals surface area contributed by atoms with Crippen LogP contribution < -0.4 is 4.74 Å². The zero-order chi connectivity index (χ0) is 20.4. The van der Waals surface area contributed by atoms with Crippen LogP contribution in [0.25, 0.3) is 10.9 Å². The molecule has 0 radical (unpaired) electrons. The Morgan fingerprint density at radius 1 is 1.25 bits per heavy atom. The molecule has 28 heavy (non-hydrogen) atoms. The van der Waals surface area contributed by atoms with Crippen LogP contribution in [0.1, 0.15) is 34.4 Å². The van der Waals surface area contributed by atoms with Crippen molar-refractivity contribution >= 4 is 16.9 Å². The third kappa shape index (κ3) is 3.89. The van der Waals surface area contributed by atoms with Gasteiger partial charge in [-0.25, -0.2) is 4.79 Å². The summed E-state index contributed by atoms with van der Waals surface area (Å²) < 4.78 is 14.7. The second-order valence-corrected chi connectivity index (χ2v) is 6.99. The highest BCUT2D eigenvalue weighted by molar-refractivity contribution is 6.06. The summed E-state index contributed by atoms with van der Waals surface area (Å²) >= 11 is 0. The predicted octanol–water partition coefficient (Wildman–Crippen LogP) is 2.92. The summed E-state index contributed by atoms with van der Waals surface area (Å²) in [6, 6.07) is 7.54. The number of hydrogen-bond donors (Lipinski definition) is 1. The average molecular weight is 385 g/mol. The average Bonchev–Trinajstić information content (AvgIpc) is 3.09. The van der Waals surface area contributed by atoms with E-state index in [1.165, 1.54) is 0 Å². The second kappa shape index (κ2) is 8.06. The summed E-state index contributed by atoms with van der Waals surface area (Å²) in [6.07, 6.45) is -0.698.